The summed E-state index contributed by atoms with van der Waals surface area (Å²) in [6, 6.07) is 11.2. The molecule has 0 bridgehead atoms. The predicted octanol–water partition coefficient (Wildman–Crippen LogP) is 3.23. The van der Waals surface area contributed by atoms with Crippen molar-refractivity contribution >= 4 is 11.6 Å². The first-order chi connectivity index (χ1) is 12.1. The van der Waals surface area contributed by atoms with Gasteiger partial charge in [-0.1, -0.05) is 18.2 Å². The van der Waals surface area contributed by atoms with Gasteiger partial charge < -0.3 is 15.0 Å². The van der Waals surface area contributed by atoms with E-state index in [1.165, 1.54) is 6.07 Å². The first-order valence-electron chi connectivity index (χ1n) is 8.20. The molecule has 1 fully saturated rings. The number of hydrogen-bond acceptors (Lipinski definition) is 3. The molecule has 1 atom stereocenters. The summed E-state index contributed by atoms with van der Waals surface area (Å²) in [5.74, 6) is -1.39. The number of methoxy groups -OCH3 is 1. The number of ether oxygens (including phenoxy) is 1. The molecule has 25 heavy (non-hydrogen) atoms. The number of carbonyl (C=O) groups is 1. The summed E-state index contributed by atoms with van der Waals surface area (Å²) in [5, 5.41) is 2.65. The molecule has 1 heterocycles. The summed E-state index contributed by atoms with van der Waals surface area (Å²) in [5.41, 5.74) is 0.487. The van der Waals surface area contributed by atoms with E-state index in [1.54, 1.807) is 7.11 Å². The van der Waals surface area contributed by atoms with Crippen molar-refractivity contribution in [2.45, 2.75) is 6.42 Å². The number of hydrogen-bond donors (Lipinski definition) is 1. The van der Waals surface area contributed by atoms with Gasteiger partial charge in [0, 0.05) is 19.6 Å². The fraction of sp³-hybridized carbons (Fsp3) is 0.316. The number of benzene rings is 2. The van der Waals surface area contributed by atoms with Gasteiger partial charge in [0.1, 0.15) is 22.9 Å². The van der Waals surface area contributed by atoms with E-state index in [0.717, 1.165) is 43.1 Å². The number of rotatable bonds is 5. The fourth-order valence-electron chi connectivity index (χ4n) is 3.15. The van der Waals surface area contributed by atoms with Crippen molar-refractivity contribution in [3.63, 3.8) is 0 Å². The summed E-state index contributed by atoms with van der Waals surface area (Å²) in [4.78, 5) is 14.3. The molecule has 0 saturated carbocycles. The number of para-hydroxylation sites is 2. The van der Waals surface area contributed by atoms with Crippen molar-refractivity contribution in [2.24, 2.45) is 5.92 Å². The standard InChI is InChI=1S/C19H20F2N2O2/c1-25-17-8-3-2-7-16(17)23-10-9-13(12-23)11-22-19(24)18-14(20)5-4-6-15(18)21/h2-8,13H,9-12H2,1H3,(H,22,24)/t13-/m0/s1. The molecule has 6 heteroatoms. The zero-order chi connectivity index (χ0) is 17.8. The third kappa shape index (κ3) is 3.73. The Labute approximate surface area is 145 Å². The number of carbonyl (C=O) groups excluding carboxylic acids is 1. The van der Waals surface area contributed by atoms with Gasteiger partial charge in [0.25, 0.3) is 5.91 Å². The van der Waals surface area contributed by atoms with E-state index < -0.39 is 23.1 Å². The second-order valence-corrected chi connectivity index (χ2v) is 6.08. The van der Waals surface area contributed by atoms with Gasteiger partial charge in [-0.2, -0.15) is 0 Å². The lowest BCUT2D eigenvalue weighted by Gasteiger charge is -2.21. The van der Waals surface area contributed by atoms with Crippen LogP contribution in [0.15, 0.2) is 42.5 Å². The molecule has 132 valence electrons. The zero-order valence-corrected chi connectivity index (χ0v) is 14.0. The highest BCUT2D eigenvalue weighted by Crippen LogP contribution is 2.31. The van der Waals surface area contributed by atoms with Gasteiger partial charge in [-0.25, -0.2) is 8.78 Å². The zero-order valence-electron chi connectivity index (χ0n) is 14.0. The second kappa shape index (κ2) is 7.51. The van der Waals surface area contributed by atoms with E-state index in [1.807, 2.05) is 24.3 Å². The van der Waals surface area contributed by atoms with Gasteiger partial charge in [-0.3, -0.25) is 4.79 Å². The summed E-state index contributed by atoms with van der Waals surface area (Å²) in [6.45, 7) is 1.97. The topological polar surface area (TPSA) is 41.6 Å². The number of anilines is 1. The lowest BCUT2D eigenvalue weighted by molar-refractivity contribution is 0.0940. The van der Waals surface area contributed by atoms with Crippen LogP contribution in [0.3, 0.4) is 0 Å². The largest absolute Gasteiger partial charge is 0.495 e. The number of halogens is 2. The van der Waals surface area contributed by atoms with Crippen molar-refractivity contribution < 1.29 is 18.3 Å². The van der Waals surface area contributed by atoms with E-state index in [4.69, 9.17) is 4.74 Å². The van der Waals surface area contributed by atoms with Crippen LogP contribution in [0, 0.1) is 17.6 Å². The van der Waals surface area contributed by atoms with Crippen LogP contribution in [-0.2, 0) is 0 Å². The van der Waals surface area contributed by atoms with Gasteiger partial charge in [0.2, 0.25) is 0 Å². The van der Waals surface area contributed by atoms with Crippen molar-refractivity contribution in [3.05, 3.63) is 59.7 Å². The lowest BCUT2D eigenvalue weighted by atomic mass is 10.1. The molecule has 1 aliphatic rings. The Morgan fingerprint density at radius 2 is 1.92 bits per heavy atom. The maximum Gasteiger partial charge on any atom is 0.257 e. The van der Waals surface area contributed by atoms with Crippen LogP contribution >= 0.6 is 0 Å². The highest BCUT2D eigenvalue weighted by atomic mass is 19.1. The molecule has 0 radical (unpaired) electrons. The van der Waals surface area contributed by atoms with E-state index in [0.29, 0.717) is 6.54 Å². The smallest absolute Gasteiger partial charge is 0.257 e. The maximum atomic E-state index is 13.6. The highest BCUT2D eigenvalue weighted by Gasteiger charge is 2.26. The molecule has 1 aliphatic heterocycles. The minimum atomic E-state index is -0.848. The molecule has 4 nitrogen and oxygen atoms in total. The van der Waals surface area contributed by atoms with Gasteiger partial charge in [0.05, 0.1) is 12.8 Å². The normalized spacial score (nSPS) is 16.8. The Balaban J connectivity index is 1.60. The van der Waals surface area contributed by atoms with Gasteiger partial charge in [0.15, 0.2) is 0 Å². The number of nitrogens with zero attached hydrogens (tertiary/aromatic N) is 1. The van der Waals surface area contributed by atoms with Crippen LogP contribution in [0.1, 0.15) is 16.8 Å². The highest BCUT2D eigenvalue weighted by molar-refractivity contribution is 5.94. The maximum absolute atomic E-state index is 13.6. The molecule has 0 aliphatic carbocycles. The van der Waals surface area contributed by atoms with E-state index >= 15 is 0 Å². The molecule has 2 aromatic carbocycles. The minimum absolute atomic E-state index is 0.212. The Morgan fingerprint density at radius 1 is 1.20 bits per heavy atom. The minimum Gasteiger partial charge on any atom is -0.495 e. The van der Waals surface area contributed by atoms with Crippen LogP contribution in [0.4, 0.5) is 14.5 Å². The molecule has 0 unspecified atom stereocenters. The molecular weight excluding hydrogens is 326 g/mol. The van der Waals surface area contributed by atoms with Crippen molar-refractivity contribution in [3.8, 4) is 5.75 Å². The third-order valence-corrected chi connectivity index (χ3v) is 4.45. The first-order valence-corrected chi connectivity index (χ1v) is 8.20. The number of amides is 1. The SMILES string of the molecule is COc1ccccc1N1CC[C@@H](CNC(=O)c2c(F)cccc2F)C1. The van der Waals surface area contributed by atoms with Crippen LogP contribution in [-0.4, -0.2) is 32.7 Å². The van der Waals surface area contributed by atoms with Crippen LogP contribution < -0.4 is 15.0 Å². The monoisotopic (exact) mass is 346 g/mol. The van der Waals surface area contributed by atoms with E-state index in [2.05, 4.69) is 10.2 Å². The van der Waals surface area contributed by atoms with Crippen molar-refractivity contribution in [2.75, 3.05) is 31.6 Å². The Morgan fingerprint density at radius 3 is 2.64 bits per heavy atom. The van der Waals surface area contributed by atoms with Gasteiger partial charge in [-0.05, 0) is 36.6 Å². The van der Waals surface area contributed by atoms with Crippen LogP contribution in [0.2, 0.25) is 0 Å². The van der Waals surface area contributed by atoms with Crippen molar-refractivity contribution in [1.82, 2.24) is 5.32 Å². The summed E-state index contributed by atoms with van der Waals surface area (Å²) >= 11 is 0. The third-order valence-electron chi connectivity index (χ3n) is 4.45. The number of nitrogens with one attached hydrogen (secondary N) is 1. The summed E-state index contributed by atoms with van der Waals surface area (Å²) < 4.78 is 32.7. The molecule has 1 N–H and O–H groups in total. The average Bonchev–Trinajstić information content (AvgIpc) is 3.08. The molecule has 0 spiro atoms. The summed E-state index contributed by atoms with van der Waals surface area (Å²) in [6.07, 6.45) is 0.887. The van der Waals surface area contributed by atoms with Crippen LogP contribution in [0.5, 0.6) is 5.75 Å². The quantitative estimate of drug-likeness (QED) is 0.904. The van der Waals surface area contributed by atoms with E-state index in [-0.39, 0.29) is 5.92 Å². The second-order valence-electron chi connectivity index (χ2n) is 6.08. The molecule has 2 aromatic rings. The molecule has 1 saturated heterocycles. The Hall–Kier alpha value is -2.63. The molecule has 3 rings (SSSR count). The molecule has 1 amide bonds. The summed E-state index contributed by atoms with van der Waals surface area (Å²) in [7, 11) is 1.63. The lowest BCUT2D eigenvalue weighted by Crippen LogP contribution is -2.32. The van der Waals surface area contributed by atoms with Gasteiger partial charge >= 0.3 is 0 Å². The fourth-order valence-corrected chi connectivity index (χ4v) is 3.15. The Bertz CT molecular complexity index is 747. The van der Waals surface area contributed by atoms with Gasteiger partial charge in [-0.15, -0.1) is 0 Å². The van der Waals surface area contributed by atoms with Crippen LogP contribution in [0.25, 0.3) is 0 Å². The Kier molecular flexibility index (Phi) is 5.16. The molecular formula is C19H20F2N2O2. The predicted molar refractivity (Wildman–Crippen MR) is 92.0 cm³/mol. The average molecular weight is 346 g/mol. The first kappa shape index (κ1) is 17.2. The molecule has 0 aromatic heterocycles. The van der Waals surface area contributed by atoms with E-state index in [9.17, 15) is 13.6 Å². The van der Waals surface area contributed by atoms with Crippen molar-refractivity contribution in [1.29, 1.82) is 0 Å².